The molecule has 1 unspecified atom stereocenters. The Hall–Kier alpha value is -1.78. The van der Waals surface area contributed by atoms with Crippen molar-refractivity contribution in [2.75, 3.05) is 0 Å². The van der Waals surface area contributed by atoms with E-state index >= 15 is 0 Å². The molecule has 96 valence electrons. The number of rotatable bonds is 1. The summed E-state index contributed by atoms with van der Waals surface area (Å²) in [6.45, 7) is 2.06. The predicted octanol–water partition coefficient (Wildman–Crippen LogP) is 3.34. The van der Waals surface area contributed by atoms with Gasteiger partial charge in [-0.3, -0.25) is 0 Å². The van der Waals surface area contributed by atoms with Crippen molar-refractivity contribution in [3.8, 4) is 0 Å². The average Bonchev–Trinajstić information content (AvgIpc) is 2.42. The van der Waals surface area contributed by atoms with Crippen LogP contribution in [-0.4, -0.2) is 5.84 Å². The molecule has 19 heavy (non-hydrogen) atoms. The molecule has 0 fully saturated rings. The molecule has 1 atom stereocenters. The van der Waals surface area contributed by atoms with Gasteiger partial charge in [0.15, 0.2) is 0 Å². The third-order valence-electron chi connectivity index (χ3n) is 3.07. The fourth-order valence-electron chi connectivity index (χ4n) is 2.08. The van der Waals surface area contributed by atoms with Crippen LogP contribution >= 0.6 is 11.9 Å². The Balaban J connectivity index is 1.96. The molecule has 0 aromatic heterocycles. The van der Waals surface area contributed by atoms with Gasteiger partial charge in [-0.1, -0.05) is 30.3 Å². The molecule has 1 aliphatic rings. The van der Waals surface area contributed by atoms with Crippen molar-refractivity contribution in [2.45, 2.75) is 17.9 Å². The highest BCUT2D eigenvalue weighted by Gasteiger charge is 2.22. The number of aryl methyl sites for hydroxylation is 1. The lowest BCUT2D eigenvalue weighted by Gasteiger charge is -2.24. The standard InChI is InChI=1S/C15H15N3S/c1-10-5-4-6-11(9-10)17-15-14(16)12-7-2-3-8-13(12)19-18-15/h2-9,14H,16H2,1H3,(H,17,18). The second-order valence-electron chi connectivity index (χ2n) is 4.56. The van der Waals surface area contributed by atoms with Gasteiger partial charge in [-0.05, 0) is 48.2 Å². The lowest BCUT2D eigenvalue weighted by molar-refractivity contribution is 0.894. The van der Waals surface area contributed by atoms with Crippen molar-refractivity contribution >= 4 is 23.5 Å². The molecule has 0 aliphatic carbocycles. The summed E-state index contributed by atoms with van der Waals surface area (Å²) < 4.78 is 3.23. The first-order valence-corrected chi connectivity index (χ1v) is 6.98. The zero-order valence-electron chi connectivity index (χ0n) is 10.6. The number of nitrogens with one attached hydrogen (secondary N) is 1. The predicted molar refractivity (Wildman–Crippen MR) is 80.6 cm³/mol. The molecule has 3 nitrogen and oxygen atoms in total. The summed E-state index contributed by atoms with van der Waals surface area (Å²) in [5, 5.41) is 0. The van der Waals surface area contributed by atoms with Crippen molar-refractivity contribution in [3.05, 3.63) is 59.7 Å². The van der Waals surface area contributed by atoms with Gasteiger partial charge in [-0.2, -0.15) is 0 Å². The molecule has 0 bridgehead atoms. The maximum Gasteiger partial charge on any atom is 0.134 e. The van der Waals surface area contributed by atoms with Gasteiger partial charge in [-0.15, -0.1) is 0 Å². The molecule has 2 aromatic carbocycles. The van der Waals surface area contributed by atoms with Crippen molar-refractivity contribution in [1.82, 2.24) is 4.72 Å². The second-order valence-corrected chi connectivity index (χ2v) is 5.40. The van der Waals surface area contributed by atoms with Crippen LogP contribution in [-0.2, 0) is 0 Å². The first kappa shape index (κ1) is 12.3. The lowest BCUT2D eigenvalue weighted by Crippen LogP contribution is -2.34. The fraction of sp³-hybridized carbons (Fsp3) is 0.133. The number of benzene rings is 2. The number of hydrogen-bond acceptors (Lipinski definition) is 3. The number of nitrogens with two attached hydrogens (primary N) is 1. The minimum absolute atomic E-state index is 0.196. The molecule has 1 heterocycles. The number of hydrogen-bond donors (Lipinski definition) is 2. The van der Waals surface area contributed by atoms with Crippen LogP contribution in [0, 0.1) is 6.92 Å². The van der Waals surface area contributed by atoms with Crippen LogP contribution in [0.5, 0.6) is 0 Å². The van der Waals surface area contributed by atoms with Crippen LogP contribution in [0.1, 0.15) is 17.2 Å². The van der Waals surface area contributed by atoms with Gasteiger partial charge in [0.2, 0.25) is 0 Å². The maximum absolute atomic E-state index is 6.27. The Kier molecular flexibility index (Phi) is 3.27. The van der Waals surface area contributed by atoms with Gasteiger partial charge in [0.25, 0.3) is 0 Å². The van der Waals surface area contributed by atoms with E-state index in [1.165, 1.54) is 5.56 Å². The Morgan fingerprint density at radius 2 is 2.00 bits per heavy atom. The molecule has 0 spiro atoms. The summed E-state index contributed by atoms with van der Waals surface area (Å²) in [6.07, 6.45) is 0. The van der Waals surface area contributed by atoms with Crippen molar-refractivity contribution < 1.29 is 0 Å². The summed E-state index contributed by atoms with van der Waals surface area (Å²) in [5.41, 5.74) is 9.52. The second kappa shape index (κ2) is 5.07. The summed E-state index contributed by atoms with van der Waals surface area (Å²) in [7, 11) is 0. The highest BCUT2D eigenvalue weighted by Crippen LogP contribution is 2.31. The Labute approximate surface area is 117 Å². The SMILES string of the molecule is Cc1cccc(N=C2NSc3ccccc3C2N)c1. The van der Waals surface area contributed by atoms with Crippen LogP contribution < -0.4 is 10.5 Å². The van der Waals surface area contributed by atoms with Gasteiger partial charge >= 0.3 is 0 Å². The molecule has 0 saturated heterocycles. The quantitative estimate of drug-likeness (QED) is 0.781. The van der Waals surface area contributed by atoms with E-state index in [4.69, 9.17) is 5.73 Å². The lowest BCUT2D eigenvalue weighted by atomic mass is 10.1. The fourth-order valence-corrected chi connectivity index (χ4v) is 2.92. The molecule has 2 aromatic rings. The molecule has 0 radical (unpaired) electrons. The topological polar surface area (TPSA) is 50.4 Å². The van der Waals surface area contributed by atoms with Gasteiger partial charge in [0.05, 0.1) is 11.7 Å². The largest absolute Gasteiger partial charge is 0.318 e. The first-order valence-electron chi connectivity index (χ1n) is 6.16. The number of fused-ring (bicyclic) bond motifs is 1. The average molecular weight is 269 g/mol. The zero-order valence-corrected chi connectivity index (χ0v) is 11.4. The Morgan fingerprint density at radius 1 is 1.16 bits per heavy atom. The highest BCUT2D eigenvalue weighted by molar-refractivity contribution is 7.98. The first-order chi connectivity index (χ1) is 9.24. The number of amidine groups is 1. The molecular weight excluding hydrogens is 254 g/mol. The van der Waals surface area contributed by atoms with E-state index in [1.807, 2.05) is 30.3 Å². The zero-order chi connectivity index (χ0) is 13.2. The van der Waals surface area contributed by atoms with Crippen molar-refractivity contribution in [2.24, 2.45) is 10.7 Å². The Morgan fingerprint density at radius 3 is 2.84 bits per heavy atom. The minimum Gasteiger partial charge on any atom is -0.318 e. The van der Waals surface area contributed by atoms with Crippen LogP contribution in [0.2, 0.25) is 0 Å². The third-order valence-corrected chi connectivity index (χ3v) is 3.97. The molecule has 0 amide bonds. The highest BCUT2D eigenvalue weighted by atomic mass is 32.2. The third kappa shape index (κ3) is 2.50. The van der Waals surface area contributed by atoms with Crippen LogP contribution in [0.3, 0.4) is 0 Å². The van der Waals surface area contributed by atoms with Crippen LogP contribution in [0.15, 0.2) is 58.4 Å². The molecule has 3 N–H and O–H groups in total. The molecular formula is C15H15N3S. The van der Waals surface area contributed by atoms with Gasteiger partial charge < -0.3 is 10.5 Å². The molecule has 0 saturated carbocycles. The van der Waals surface area contributed by atoms with Crippen molar-refractivity contribution in [1.29, 1.82) is 0 Å². The molecule has 1 aliphatic heterocycles. The minimum atomic E-state index is -0.196. The van der Waals surface area contributed by atoms with E-state index in [0.29, 0.717) is 0 Å². The number of aliphatic imine (C=N–C) groups is 1. The van der Waals surface area contributed by atoms with E-state index in [-0.39, 0.29) is 6.04 Å². The maximum atomic E-state index is 6.27. The number of nitrogens with zero attached hydrogens (tertiary/aromatic N) is 1. The van der Waals surface area contributed by atoms with Crippen molar-refractivity contribution in [3.63, 3.8) is 0 Å². The van der Waals surface area contributed by atoms with Gasteiger partial charge in [0.1, 0.15) is 5.84 Å². The van der Waals surface area contributed by atoms with Gasteiger partial charge in [0, 0.05) is 4.90 Å². The van der Waals surface area contributed by atoms with E-state index in [0.717, 1.165) is 22.0 Å². The van der Waals surface area contributed by atoms with E-state index in [1.54, 1.807) is 11.9 Å². The van der Waals surface area contributed by atoms with Crippen LogP contribution in [0.25, 0.3) is 0 Å². The molecule has 3 rings (SSSR count). The van der Waals surface area contributed by atoms with Crippen LogP contribution in [0.4, 0.5) is 5.69 Å². The smallest absolute Gasteiger partial charge is 0.134 e. The summed E-state index contributed by atoms with van der Waals surface area (Å²) >= 11 is 1.56. The van der Waals surface area contributed by atoms with E-state index in [2.05, 4.69) is 34.8 Å². The van der Waals surface area contributed by atoms with E-state index < -0.39 is 0 Å². The summed E-state index contributed by atoms with van der Waals surface area (Å²) in [4.78, 5) is 5.78. The summed E-state index contributed by atoms with van der Waals surface area (Å²) in [5.74, 6) is 0.800. The van der Waals surface area contributed by atoms with Gasteiger partial charge in [-0.25, -0.2) is 4.99 Å². The van der Waals surface area contributed by atoms with E-state index in [9.17, 15) is 0 Å². The summed E-state index contributed by atoms with van der Waals surface area (Å²) in [6, 6.07) is 16.0. The Bertz CT molecular complexity index is 637. The normalized spacial score (nSPS) is 19.9. The monoisotopic (exact) mass is 269 g/mol. The molecule has 4 heteroatoms.